The molecule has 10 nitrogen and oxygen atoms in total. The first-order valence-corrected chi connectivity index (χ1v) is 13.5. The molecule has 1 N–H and O–H groups in total. The van der Waals surface area contributed by atoms with Gasteiger partial charge >= 0.3 is 18.2 Å². The van der Waals surface area contributed by atoms with Gasteiger partial charge in [-0.15, -0.1) is 0 Å². The first kappa shape index (κ1) is 29.9. The number of aryl methyl sites for hydroxylation is 2. The van der Waals surface area contributed by atoms with Crippen LogP contribution in [0.1, 0.15) is 86.3 Å². The number of ether oxygens (including phenoxy) is 2. The lowest BCUT2D eigenvalue weighted by Crippen LogP contribution is -2.44. The average Bonchev–Trinajstić information content (AvgIpc) is 3.15. The van der Waals surface area contributed by atoms with Gasteiger partial charge in [0.05, 0.1) is 5.52 Å². The van der Waals surface area contributed by atoms with E-state index in [0.29, 0.717) is 30.4 Å². The summed E-state index contributed by atoms with van der Waals surface area (Å²) >= 11 is 0. The number of aliphatic carboxylic acids is 1. The molecule has 212 valence electrons. The Morgan fingerprint density at radius 3 is 2.13 bits per heavy atom. The molecule has 0 aliphatic heterocycles. The number of para-hydroxylation sites is 1. The van der Waals surface area contributed by atoms with Gasteiger partial charge < -0.3 is 14.6 Å². The first-order chi connectivity index (χ1) is 18.2. The molecule has 2 aromatic heterocycles. The molecule has 0 aliphatic carbocycles. The van der Waals surface area contributed by atoms with Gasteiger partial charge in [0.1, 0.15) is 16.7 Å². The summed E-state index contributed by atoms with van der Waals surface area (Å²) in [4.78, 5) is 43.4. The molecule has 0 aliphatic rings. The Hall–Kier alpha value is -3.69. The molecule has 10 heteroatoms. The van der Waals surface area contributed by atoms with Crippen molar-refractivity contribution in [2.75, 3.05) is 4.90 Å². The minimum absolute atomic E-state index is 0.0502. The van der Waals surface area contributed by atoms with Crippen molar-refractivity contribution in [3.8, 4) is 0 Å². The van der Waals surface area contributed by atoms with Gasteiger partial charge in [0.25, 0.3) is 0 Å². The quantitative estimate of drug-likeness (QED) is 0.292. The fourth-order valence-electron chi connectivity index (χ4n) is 4.30. The van der Waals surface area contributed by atoms with Crippen molar-refractivity contribution in [3.05, 3.63) is 30.0 Å². The van der Waals surface area contributed by atoms with Crippen molar-refractivity contribution < 1.29 is 29.0 Å². The number of amides is 2. The molecule has 0 bridgehead atoms. The lowest BCUT2D eigenvalue weighted by molar-refractivity contribution is -0.137. The van der Waals surface area contributed by atoms with Crippen LogP contribution in [0.15, 0.2) is 24.3 Å². The highest BCUT2D eigenvalue weighted by Gasteiger charge is 2.36. The molecule has 3 rings (SSSR count). The number of aromatic nitrogens is 3. The van der Waals surface area contributed by atoms with Crippen LogP contribution in [-0.4, -0.2) is 49.2 Å². The predicted octanol–water partition coefficient (Wildman–Crippen LogP) is 6.86. The van der Waals surface area contributed by atoms with Crippen molar-refractivity contribution in [3.63, 3.8) is 0 Å². The zero-order valence-electron chi connectivity index (χ0n) is 24.0. The van der Waals surface area contributed by atoms with E-state index < -0.39 is 29.4 Å². The molecule has 0 radical (unpaired) electrons. The number of nitrogens with zero attached hydrogens (tertiary/aromatic N) is 4. The Balaban J connectivity index is 2.23. The third kappa shape index (κ3) is 7.68. The molecule has 0 spiro atoms. The molecule has 2 heterocycles. The van der Waals surface area contributed by atoms with E-state index in [0.717, 1.165) is 40.6 Å². The van der Waals surface area contributed by atoms with Gasteiger partial charge in [-0.25, -0.2) is 14.6 Å². The van der Waals surface area contributed by atoms with Crippen molar-refractivity contribution in [1.29, 1.82) is 0 Å². The summed E-state index contributed by atoms with van der Waals surface area (Å²) in [6, 6.07) is 7.54. The molecule has 0 atom stereocenters. The van der Waals surface area contributed by atoms with Crippen LogP contribution >= 0.6 is 0 Å². The molecule has 0 saturated carbocycles. The molecule has 0 saturated heterocycles. The zero-order valence-corrected chi connectivity index (χ0v) is 24.0. The normalized spacial score (nSPS) is 12.1. The SMILES string of the molecule is CCCn1nc2c(N(C(=O)OC(C)(C)C)C(=O)OC(C)(C)C)nc3ccccc3c2c1CCCCCC(=O)O. The summed E-state index contributed by atoms with van der Waals surface area (Å²) in [5.41, 5.74) is 0.224. The maximum atomic E-state index is 13.5. The minimum Gasteiger partial charge on any atom is -0.481 e. The number of rotatable bonds is 9. The van der Waals surface area contributed by atoms with Crippen LogP contribution in [0.5, 0.6) is 0 Å². The summed E-state index contributed by atoms with van der Waals surface area (Å²) in [7, 11) is 0. The maximum absolute atomic E-state index is 13.5. The number of pyridine rings is 1. The van der Waals surface area contributed by atoms with Crippen molar-refractivity contribution in [1.82, 2.24) is 14.8 Å². The monoisotopic (exact) mass is 540 g/mol. The van der Waals surface area contributed by atoms with Crippen LogP contribution in [0, 0.1) is 0 Å². The lowest BCUT2D eigenvalue weighted by atomic mass is 10.0. The summed E-state index contributed by atoms with van der Waals surface area (Å²) in [6.45, 7) is 13.0. The Bertz CT molecular complexity index is 1320. The molecule has 3 aromatic rings. The molecular formula is C29H40N4O6. The Labute approximate surface area is 229 Å². The number of anilines is 1. The van der Waals surface area contributed by atoms with E-state index in [-0.39, 0.29) is 12.2 Å². The summed E-state index contributed by atoms with van der Waals surface area (Å²) < 4.78 is 13.1. The van der Waals surface area contributed by atoms with E-state index in [2.05, 4.69) is 0 Å². The van der Waals surface area contributed by atoms with Crippen molar-refractivity contribution in [2.45, 2.75) is 105 Å². The number of imide groups is 1. The fraction of sp³-hybridized carbons (Fsp3) is 0.552. The number of carboxylic acid groups (broad SMARTS) is 1. The number of benzene rings is 1. The van der Waals surface area contributed by atoms with Gasteiger partial charge in [-0.05, 0) is 73.3 Å². The van der Waals surface area contributed by atoms with Gasteiger partial charge in [0, 0.05) is 29.4 Å². The topological polar surface area (TPSA) is 124 Å². The van der Waals surface area contributed by atoms with Crippen LogP contribution in [0.4, 0.5) is 15.4 Å². The Kier molecular flexibility index (Phi) is 9.19. The second-order valence-corrected chi connectivity index (χ2v) is 11.6. The number of unbranched alkanes of at least 4 members (excludes halogenated alkanes) is 2. The third-order valence-corrected chi connectivity index (χ3v) is 5.77. The van der Waals surface area contributed by atoms with Gasteiger partial charge in [0.2, 0.25) is 0 Å². The number of carbonyl (C=O) groups excluding carboxylic acids is 2. The Morgan fingerprint density at radius 2 is 1.56 bits per heavy atom. The molecule has 39 heavy (non-hydrogen) atoms. The average molecular weight is 541 g/mol. The number of carboxylic acids is 1. The highest BCUT2D eigenvalue weighted by Crippen LogP contribution is 2.35. The number of fused-ring (bicyclic) bond motifs is 3. The van der Waals surface area contributed by atoms with Gasteiger partial charge in [0.15, 0.2) is 5.82 Å². The summed E-state index contributed by atoms with van der Waals surface area (Å²) in [5, 5.41) is 15.5. The van der Waals surface area contributed by atoms with Gasteiger partial charge in [-0.3, -0.25) is 9.48 Å². The van der Waals surface area contributed by atoms with E-state index >= 15 is 0 Å². The summed E-state index contributed by atoms with van der Waals surface area (Å²) in [5.74, 6) is -0.753. The van der Waals surface area contributed by atoms with Crippen LogP contribution < -0.4 is 4.90 Å². The highest BCUT2D eigenvalue weighted by atomic mass is 16.6. The third-order valence-electron chi connectivity index (χ3n) is 5.77. The first-order valence-electron chi connectivity index (χ1n) is 13.5. The highest BCUT2D eigenvalue weighted by molar-refractivity contribution is 6.18. The van der Waals surface area contributed by atoms with Crippen molar-refractivity contribution in [2.24, 2.45) is 0 Å². The van der Waals surface area contributed by atoms with Gasteiger partial charge in [-0.1, -0.05) is 31.5 Å². The van der Waals surface area contributed by atoms with Crippen LogP contribution in [0.25, 0.3) is 21.8 Å². The predicted molar refractivity (Wildman–Crippen MR) is 150 cm³/mol. The summed E-state index contributed by atoms with van der Waals surface area (Å²) in [6.07, 6.45) is 1.92. The lowest BCUT2D eigenvalue weighted by Gasteiger charge is -2.28. The number of hydrogen-bond acceptors (Lipinski definition) is 7. The standard InChI is InChI=1S/C29H40N4O6/c1-8-18-32-21(16-10-9-11-17-22(34)35)23-19-14-12-13-15-20(19)30-25(24(23)31-32)33(26(36)38-28(2,3)4)27(37)39-29(5,6)7/h12-15H,8-11,16-18H2,1-7H3,(H,34,35). The van der Waals surface area contributed by atoms with Crippen molar-refractivity contribution >= 4 is 45.8 Å². The molecule has 1 aromatic carbocycles. The van der Waals surface area contributed by atoms with Crippen LogP contribution in [0.2, 0.25) is 0 Å². The van der Waals surface area contributed by atoms with E-state index in [1.807, 2.05) is 35.9 Å². The number of carbonyl (C=O) groups is 3. The second kappa shape index (κ2) is 12.0. The molecule has 2 amide bonds. The zero-order chi connectivity index (χ0) is 29.0. The maximum Gasteiger partial charge on any atom is 0.425 e. The van der Waals surface area contributed by atoms with Gasteiger partial charge in [-0.2, -0.15) is 10.00 Å². The number of hydrogen-bond donors (Lipinski definition) is 1. The van der Waals surface area contributed by atoms with E-state index in [1.165, 1.54) is 0 Å². The molecule has 0 fully saturated rings. The minimum atomic E-state index is -0.902. The largest absolute Gasteiger partial charge is 0.481 e. The molecular weight excluding hydrogens is 500 g/mol. The van der Waals surface area contributed by atoms with E-state index in [4.69, 9.17) is 24.7 Å². The fourth-order valence-corrected chi connectivity index (χ4v) is 4.30. The van der Waals surface area contributed by atoms with Crippen LogP contribution in [0.3, 0.4) is 0 Å². The van der Waals surface area contributed by atoms with E-state index in [9.17, 15) is 14.4 Å². The smallest absolute Gasteiger partial charge is 0.425 e. The second-order valence-electron chi connectivity index (χ2n) is 11.6. The molecule has 0 unspecified atom stereocenters. The van der Waals surface area contributed by atoms with E-state index in [1.54, 1.807) is 41.5 Å². The Morgan fingerprint density at radius 1 is 0.949 bits per heavy atom. The van der Waals surface area contributed by atoms with Crippen LogP contribution in [-0.2, 0) is 27.2 Å².